The fraction of sp³-hybridized carbons (Fsp3) is 0.312. The molecule has 0 aliphatic heterocycles. The van der Waals surface area contributed by atoms with Crippen LogP contribution in [-0.2, 0) is 12.8 Å². The lowest BCUT2D eigenvalue weighted by Gasteiger charge is -2.08. The molecule has 1 fully saturated rings. The predicted molar refractivity (Wildman–Crippen MR) is 103 cm³/mol. The van der Waals surface area contributed by atoms with Gasteiger partial charge in [-0.05, 0) is 56.8 Å². The van der Waals surface area contributed by atoms with Crippen molar-refractivity contribution in [3.05, 3.63) is 54.9 Å². The van der Waals surface area contributed by atoms with E-state index in [0.717, 1.165) is 33.9 Å². The number of hydrogen-bond donors (Lipinski definition) is 1. The number of halogens is 4. The quantitative estimate of drug-likeness (QED) is 0.647. The van der Waals surface area contributed by atoms with Crippen LogP contribution in [0, 0.1) is 11.3 Å². The number of aromatic nitrogens is 2. The summed E-state index contributed by atoms with van der Waals surface area (Å²) < 4.78 is 1.73. The van der Waals surface area contributed by atoms with Crippen LogP contribution in [0.5, 0.6) is 0 Å². The van der Waals surface area contributed by atoms with Gasteiger partial charge in [-0.15, -0.1) is 0 Å². The average Bonchev–Trinajstić information content (AvgIpc) is 3.24. The lowest BCUT2D eigenvalue weighted by atomic mass is 10.1. The number of pyridine rings is 2. The van der Waals surface area contributed by atoms with Crippen LogP contribution in [0.1, 0.15) is 24.2 Å². The Kier molecular flexibility index (Phi) is 7.02. The molecule has 0 atom stereocenters. The number of nitrogens with zero attached hydrogens (tertiary/aromatic N) is 3. The number of rotatable bonds is 3. The molecule has 0 aromatic carbocycles. The third-order valence-electron chi connectivity index (χ3n) is 3.43. The topological polar surface area (TPSA) is 75.6 Å². The van der Waals surface area contributed by atoms with Gasteiger partial charge in [0.25, 0.3) is 0 Å². The zero-order chi connectivity index (χ0) is 17.7. The van der Waals surface area contributed by atoms with E-state index in [0.29, 0.717) is 15.7 Å². The van der Waals surface area contributed by atoms with Gasteiger partial charge in [0, 0.05) is 33.3 Å². The highest BCUT2D eigenvalue weighted by atomic mass is 79.9. The molecule has 0 spiro atoms. The van der Waals surface area contributed by atoms with E-state index < -0.39 is 0 Å². The Morgan fingerprint density at radius 3 is 2.00 bits per heavy atom. The summed E-state index contributed by atoms with van der Waals surface area (Å²) >= 11 is 18.3. The molecule has 8 heteroatoms. The molecule has 0 saturated heterocycles. The van der Waals surface area contributed by atoms with Crippen LogP contribution in [0.2, 0.25) is 10.0 Å². The minimum Gasteiger partial charge on any atom is -0.325 e. The van der Waals surface area contributed by atoms with Crippen molar-refractivity contribution in [3.63, 3.8) is 0 Å². The first-order chi connectivity index (χ1) is 11.3. The lowest BCUT2D eigenvalue weighted by Crippen LogP contribution is -2.25. The Labute approximate surface area is 167 Å². The van der Waals surface area contributed by atoms with Gasteiger partial charge in [0.1, 0.15) is 0 Å². The first kappa shape index (κ1) is 19.6. The maximum atomic E-state index is 8.35. The zero-order valence-electron chi connectivity index (χ0n) is 12.6. The molecule has 2 aromatic heterocycles. The summed E-state index contributed by atoms with van der Waals surface area (Å²) in [6, 6.07) is 5.56. The van der Waals surface area contributed by atoms with E-state index in [4.69, 9.17) is 34.2 Å². The number of nitriles is 1. The summed E-state index contributed by atoms with van der Waals surface area (Å²) in [6.07, 6.45) is 6.60. The summed E-state index contributed by atoms with van der Waals surface area (Å²) in [5.41, 5.74) is 7.48. The van der Waals surface area contributed by atoms with Crippen molar-refractivity contribution in [2.24, 2.45) is 5.73 Å². The highest BCUT2D eigenvalue weighted by molar-refractivity contribution is 9.10. The molecule has 1 aliphatic rings. The summed E-state index contributed by atoms with van der Waals surface area (Å²) in [4.78, 5) is 8.21. The van der Waals surface area contributed by atoms with Gasteiger partial charge in [-0.1, -0.05) is 23.2 Å². The van der Waals surface area contributed by atoms with Crippen LogP contribution in [0.4, 0.5) is 0 Å². The normalized spacial score (nSPS) is 14.3. The Morgan fingerprint density at radius 1 is 1.08 bits per heavy atom. The molecular formula is C16H14Br2Cl2N4. The molecule has 0 radical (unpaired) electrons. The molecular weight excluding hydrogens is 479 g/mol. The first-order valence-corrected chi connectivity index (χ1v) is 9.43. The highest BCUT2D eigenvalue weighted by Gasteiger charge is 2.38. The fourth-order valence-electron chi connectivity index (χ4n) is 1.89. The number of nitrogens with two attached hydrogens (primary N) is 1. The van der Waals surface area contributed by atoms with Crippen LogP contribution >= 0.6 is 55.1 Å². The minimum absolute atomic E-state index is 0.0233. The first-order valence-electron chi connectivity index (χ1n) is 7.09. The van der Waals surface area contributed by atoms with Gasteiger partial charge in [0.15, 0.2) is 0 Å². The predicted octanol–water partition coefficient (Wildman–Crippen LogP) is 5.09. The van der Waals surface area contributed by atoms with Crippen molar-refractivity contribution in [3.8, 4) is 6.07 Å². The van der Waals surface area contributed by atoms with Gasteiger partial charge >= 0.3 is 0 Å². The van der Waals surface area contributed by atoms with E-state index in [1.807, 2.05) is 12.1 Å². The van der Waals surface area contributed by atoms with Crippen molar-refractivity contribution in [1.82, 2.24) is 9.97 Å². The van der Waals surface area contributed by atoms with Crippen LogP contribution in [0.25, 0.3) is 0 Å². The van der Waals surface area contributed by atoms with E-state index in [1.54, 1.807) is 18.5 Å². The maximum Gasteiger partial charge on any atom is 0.0789 e. The second-order valence-electron chi connectivity index (χ2n) is 5.54. The summed E-state index contributed by atoms with van der Waals surface area (Å²) in [5, 5.41) is 9.58. The molecule has 0 bridgehead atoms. The molecule has 2 heterocycles. The molecule has 0 unspecified atom stereocenters. The highest BCUT2D eigenvalue weighted by Crippen LogP contribution is 2.36. The Hall–Kier alpha value is -0.710. The van der Waals surface area contributed by atoms with E-state index in [9.17, 15) is 0 Å². The molecule has 2 N–H and O–H groups in total. The van der Waals surface area contributed by atoms with Gasteiger partial charge < -0.3 is 5.73 Å². The molecule has 1 aliphatic carbocycles. The molecule has 4 nitrogen and oxygen atoms in total. The second kappa shape index (κ2) is 8.59. The zero-order valence-corrected chi connectivity index (χ0v) is 17.3. The lowest BCUT2D eigenvalue weighted by molar-refractivity contribution is 0.659. The molecule has 1 saturated carbocycles. The molecule has 0 amide bonds. The van der Waals surface area contributed by atoms with Gasteiger partial charge in [-0.2, -0.15) is 5.26 Å². The molecule has 3 rings (SSSR count). The molecule has 126 valence electrons. The maximum absolute atomic E-state index is 8.35. The summed E-state index contributed by atoms with van der Waals surface area (Å²) in [7, 11) is 0. The van der Waals surface area contributed by atoms with E-state index in [2.05, 4.69) is 41.8 Å². The van der Waals surface area contributed by atoms with Gasteiger partial charge in [-0.25, -0.2) is 0 Å². The van der Waals surface area contributed by atoms with Crippen molar-refractivity contribution in [2.45, 2.75) is 31.2 Å². The second-order valence-corrected chi connectivity index (χ2v) is 8.18. The Bertz CT molecular complexity index is 773. The Balaban J connectivity index is 0.000000177. The van der Waals surface area contributed by atoms with Gasteiger partial charge in [0.2, 0.25) is 0 Å². The third-order valence-corrected chi connectivity index (χ3v) is 4.95. The SMILES string of the molecule is N#CCc1ncc(Br)cc1Cl.NC1(Cc2ncc(Br)cc2Cl)CC1. The van der Waals surface area contributed by atoms with Crippen LogP contribution in [-0.4, -0.2) is 15.5 Å². The summed E-state index contributed by atoms with van der Waals surface area (Å²) in [5.74, 6) is 0. The van der Waals surface area contributed by atoms with Crippen LogP contribution in [0.3, 0.4) is 0 Å². The van der Waals surface area contributed by atoms with Crippen molar-refractivity contribution in [2.75, 3.05) is 0 Å². The van der Waals surface area contributed by atoms with Crippen molar-refractivity contribution >= 4 is 55.1 Å². The smallest absolute Gasteiger partial charge is 0.0789 e. The van der Waals surface area contributed by atoms with Gasteiger partial charge in [-0.3, -0.25) is 9.97 Å². The summed E-state index contributed by atoms with van der Waals surface area (Å²) in [6.45, 7) is 0. The standard InChI is InChI=1S/C9H10BrClN2.C7H4BrClN2/c10-6-3-7(11)8(13-5-6)4-9(12)1-2-9;8-5-3-6(9)7(1-2-10)11-4-5/h3,5H,1-2,4,12H2;3-4H,1H2. The monoisotopic (exact) mass is 490 g/mol. The van der Waals surface area contributed by atoms with E-state index >= 15 is 0 Å². The third kappa shape index (κ3) is 5.98. The van der Waals surface area contributed by atoms with Gasteiger partial charge in [0.05, 0.1) is 33.9 Å². The average molecular weight is 493 g/mol. The minimum atomic E-state index is -0.0233. The Morgan fingerprint density at radius 2 is 1.58 bits per heavy atom. The van der Waals surface area contributed by atoms with E-state index in [-0.39, 0.29) is 12.0 Å². The molecule has 24 heavy (non-hydrogen) atoms. The molecule has 2 aromatic rings. The van der Waals surface area contributed by atoms with Crippen LogP contribution in [0.15, 0.2) is 33.5 Å². The van der Waals surface area contributed by atoms with Crippen molar-refractivity contribution in [1.29, 1.82) is 5.26 Å². The largest absolute Gasteiger partial charge is 0.325 e. The number of hydrogen-bond acceptors (Lipinski definition) is 4. The van der Waals surface area contributed by atoms with E-state index in [1.165, 1.54) is 0 Å². The van der Waals surface area contributed by atoms with Crippen LogP contribution < -0.4 is 5.73 Å². The van der Waals surface area contributed by atoms with Crippen molar-refractivity contribution < 1.29 is 0 Å². The fourth-order valence-corrected chi connectivity index (χ4v) is 3.28.